The SMILES string of the molecule is Cc1ccc2c(c1)C(=O)C(=O)N2CCN1CCN(Cc2ccccc2F)CC1. The van der Waals surface area contributed by atoms with Gasteiger partial charge < -0.3 is 4.90 Å². The van der Waals surface area contributed by atoms with Gasteiger partial charge in [-0.15, -0.1) is 0 Å². The number of amides is 1. The van der Waals surface area contributed by atoms with Gasteiger partial charge >= 0.3 is 0 Å². The van der Waals surface area contributed by atoms with Crippen LogP contribution in [0.4, 0.5) is 10.1 Å². The Morgan fingerprint density at radius 2 is 1.64 bits per heavy atom. The van der Waals surface area contributed by atoms with Gasteiger partial charge in [0.1, 0.15) is 5.82 Å². The molecule has 1 saturated heterocycles. The summed E-state index contributed by atoms with van der Waals surface area (Å²) < 4.78 is 13.8. The molecule has 0 atom stereocenters. The molecule has 28 heavy (non-hydrogen) atoms. The first-order valence-corrected chi connectivity index (χ1v) is 9.68. The van der Waals surface area contributed by atoms with Crippen molar-refractivity contribution in [1.29, 1.82) is 0 Å². The quantitative estimate of drug-likeness (QED) is 0.747. The monoisotopic (exact) mass is 381 g/mol. The van der Waals surface area contributed by atoms with Gasteiger partial charge in [0.15, 0.2) is 0 Å². The van der Waals surface area contributed by atoms with Crippen molar-refractivity contribution in [2.24, 2.45) is 0 Å². The summed E-state index contributed by atoms with van der Waals surface area (Å²) in [5.74, 6) is -0.997. The zero-order valence-electron chi connectivity index (χ0n) is 16.0. The molecule has 0 saturated carbocycles. The number of Topliss-reactive ketones (excluding diaryl/α,β-unsaturated/α-hetero) is 1. The number of aryl methyl sites for hydroxylation is 1. The van der Waals surface area contributed by atoms with Crippen molar-refractivity contribution in [3.8, 4) is 0 Å². The molecule has 2 aromatic carbocycles. The first-order chi connectivity index (χ1) is 13.5. The van der Waals surface area contributed by atoms with Crippen molar-refractivity contribution in [1.82, 2.24) is 9.80 Å². The maximum absolute atomic E-state index is 13.8. The van der Waals surface area contributed by atoms with Crippen LogP contribution in [0, 0.1) is 12.7 Å². The van der Waals surface area contributed by atoms with Gasteiger partial charge in [0.2, 0.25) is 0 Å². The van der Waals surface area contributed by atoms with Crippen LogP contribution in [0.5, 0.6) is 0 Å². The van der Waals surface area contributed by atoms with Gasteiger partial charge in [0.25, 0.3) is 11.7 Å². The maximum Gasteiger partial charge on any atom is 0.299 e. The van der Waals surface area contributed by atoms with Crippen LogP contribution in [0.3, 0.4) is 0 Å². The number of hydrogen-bond acceptors (Lipinski definition) is 4. The predicted molar refractivity (Wildman–Crippen MR) is 106 cm³/mol. The van der Waals surface area contributed by atoms with E-state index in [1.165, 1.54) is 6.07 Å². The summed E-state index contributed by atoms with van der Waals surface area (Å²) in [6.07, 6.45) is 0. The zero-order valence-corrected chi connectivity index (χ0v) is 16.0. The summed E-state index contributed by atoms with van der Waals surface area (Å²) in [7, 11) is 0. The summed E-state index contributed by atoms with van der Waals surface area (Å²) in [5.41, 5.74) is 2.94. The Morgan fingerprint density at radius 1 is 0.929 bits per heavy atom. The number of halogens is 1. The minimum absolute atomic E-state index is 0.156. The minimum Gasteiger partial charge on any atom is -0.303 e. The number of carbonyl (C=O) groups is 2. The Kier molecular flexibility index (Phi) is 5.24. The molecule has 146 valence electrons. The number of hydrogen-bond donors (Lipinski definition) is 0. The van der Waals surface area contributed by atoms with Crippen LogP contribution in [0.25, 0.3) is 0 Å². The van der Waals surface area contributed by atoms with E-state index >= 15 is 0 Å². The van der Waals surface area contributed by atoms with Gasteiger partial charge in [-0.1, -0.05) is 29.8 Å². The van der Waals surface area contributed by atoms with E-state index in [1.807, 2.05) is 31.2 Å². The zero-order chi connectivity index (χ0) is 19.7. The highest BCUT2D eigenvalue weighted by molar-refractivity contribution is 6.52. The van der Waals surface area contributed by atoms with Crippen molar-refractivity contribution < 1.29 is 14.0 Å². The van der Waals surface area contributed by atoms with Gasteiger partial charge in [-0.3, -0.25) is 19.4 Å². The summed E-state index contributed by atoms with van der Waals surface area (Å²) in [6.45, 7) is 7.21. The second-order valence-electron chi connectivity index (χ2n) is 7.52. The molecule has 5 nitrogen and oxygen atoms in total. The highest BCUT2D eigenvalue weighted by Gasteiger charge is 2.35. The number of ketones is 1. The summed E-state index contributed by atoms with van der Waals surface area (Å²) in [6, 6.07) is 12.5. The second kappa shape index (κ2) is 7.81. The molecule has 0 radical (unpaired) electrons. The molecule has 0 spiro atoms. The topological polar surface area (TPSA) is 43.9 Å². The molecule has 2 aliphatic rings. The van der Waals surface area contributed by atoms with Crippen LogP contribution in [0.2, 0.25) is 0 Å². The Balaban J connectivity index is 1.31. The van der Waals surface area contributed by atoms with E-state index in [0.717, 1.165) is 49.5 Å². The minimum atomic E-state index is -0.432. The number of anilines is 1. The van der Waals surface area contributed by atoms with Gasteiger partial charge in [0.05, 0.1) is 11.3 Å². The van der Waals surface area contributed by atoms with Crippen molar-refractivity contribution in [3.63, 3.8) is 0 Å². The van der Waals surface area contributed by atoms with Crippen LogP contribution in [0.15, 0.2) is 42.5 Å². The van der Waals surface area contributed by atoms with Crippen LogP contribution in [-0.2, 0) is 11.3 Å². The Morgan fingerprint density at radius 3 is 2.39 bits per heavy atom. The normalized spacial score (nSPS) is 18.0. The molecule has 0 aromatic heterocycles. The first-order valence-electron chi connectivity index (χ1n) is 9.68. The van der Waals surface area contributed by atoms with Crippen LogP contribution < -0.4 is 4.90 Å². The fourth-order valence-electron chi connectivity index (χ4n) is 3.92. The number of fused-ring (bicyclic) bond motifs is 1. The van der Waals surface area contributed by atoms with E-state index in [0.29, 0.717) is 18.7 Å². The van der Waals surface area contributed by atoms with Crippen molar-refractivity contribution in [2.45, 2.75) is 13.5 Å². The number of nitrogens with zero attached hydrogens (tertiary/aromatic N) is 3. The second-order valence-corrected chi connectivity index (χ2v) is 7.52. The highest BCUT2D eigenvalue weighted by Crippen LogP contribution is 2.29. The lowest BCUT2D eigenvalue weighted by Gasteiger charge is -2.35. The first kappa shape index (κ1) is 18.8. The lowest BCUT2D eigenvalue weighted by atomic mass is 10.1. The third kappa shape index (κ3) is 3.70. The van der Waals surface area contributed by atoms with Crippen molar-refractivity contribution in [2.75, 3.05) is 44.2 Å². The summed E-state index contributed by atoms with van der Waals surface area (Å²) in [5, 5.41) is 0. The molecular weight excluding hydrogens is 357 g/mol. The molecule has 0 N–H and O–H groups in total. The van der Waals surface area contributed by atoms with Crippen molar-refractivity contribution >= 4 is 17.4 Å². The highest BCUT2D eigenvalue weighted by atomic mass is 19.1. The van der Waals surface area contributed by atoms with Crippen LogP contribution in [-0.4, -0.2) is 60.8 Å². The van der Waals surface area contributed by atoms with Gasteiger partial charge in [0, 0.05) is 51.4 Å². The smallest absolute Gasteiger partial charge is 0.299 e. The van der Waals surface area contributed by atoms with Crippen LogP contribution >= 0.6 is 0 Å². The van der Waals surface area contributed by atoms with E-state index in [-0.39, 0.29) is 5.82 Å². The number of rotatable bonds is 5. The fourth-order valence-corrected chi connectivity index (χ4v) is 3.92. The maximum atomic E-state index is 13.8. The Labute approximate surface area is 164 Å². The van der Waals surface area contributed by atoms with Gasteiger partial charge in [-0.25, -0.2) is 4.39 Å². The Hall–Kier alpha value is -2.57. The third-order valence-electron chi connectivity index (χ3n) is 5.58. The van der Waals surface area contributed by atoms with Crippen molar-refractivity contribution in [3.05, 3.63) is 65.0 Å². The lowest BCUT2D eigenvalue weighted by molar-refractivity contribution is -0.114. The van der Waals surface area contributed by atoms with E-state index < -0.39 is 11.7 Å². The molecule has 0 bridgehead atoms. The number of benzene rings is 2. The van der Waals surface area contributed by atoms with E-state index in [2.05, 4.69) is 9.80 Å². The molecule has 2 aromatic rings. The van der Waals surface area contributed by atoms with Gasteiger partial charge in [-0.2, -0.15) is 0 Å². The molecule has 1 amide bonds. The molecule has 1 fully saturated rings. The summed E-state index contributed by atoms with van der Waals surface area (Å²) in [4.78, 5) is 30.7. The third-order valence-corrected chi connectivity index (χ3v) is 5.58. The molecule has 0 unspecified atom stereocenters. The molecule has 4 rings (SSSR count). The summed E-state index contributed by atoms with van der Waals surface area (Å²) >= 11 is 0. The standard InChI is InChI=1S/C22H24FN3O2/c1-16-6-7-20-18(14-16)21(27)22(28)26(20)13-12-24-8-10-25(11-9-24)15-17-4-2-3-5-19(17)23/h2-7,14H,8-13,15H2,1H3. The van der Waals surface area contributed by atoms with E-state index in [4.69, 9.17) is 0 Å². The molecule has 0 aliphatic carbocycles. The van der Waals surface area contributed by atoms with Gasteiger partial charge in [-0.05, 0) is 25.1 Å². The average molecular weight is 381 g/mol. The van der Waals surface area contributed by atoms with E-state index in [1.54, 1.807) is 17.0 Å². The average Bonchev–Trinajstić information content (AvgIpc) is 2.93. The van der Waals surface area contributed by atoms with E-state index in [9.17, 15) is 14.0 Å². The Bertz CT molecular complexity index is 906. The lowest BCUT2D eigenvalue weighted by Crippen LogP contribution is -2.48. The molecule has 6 heteroatoms. The fraction of sp³-hybridized carbons (Fsp3) is 0.364. The molecule has 2 heterocycles. The molecule has 2 aliphatic heterocycles. The largest absolute Gasteiger partial charge is 0.303 e. The number of piperazine rings is 1. The molecular formula is C22H24FN3O2. The predicted octanol–water partition coefficient (Wildman–Crippen LogP) is 2.48. The van der Waals surface area contributed by atoms with Crippen LogP contribution in [0.1, 0.15) is 21.5 Å². The number of carbonyl (C=O) groups excluding carboxylic acids is 2.